The molecule has 0 bridgehead atoms. The SMILES string of the molecule is Cc1ccoc1CNC(C)CCO. The Morgan fingerprint density at radius 2 is 2.38 bits per heavy atom. The first-order chi connectivity index (χ1) is 6.24. The van der Waals surface area contributed by atoms with Gasteiger partial charge >= 0.3 is 0 Å². The fourth-order valence-electron chi connectivity index (χ4n) is 1.15. The lowest BCUT2D eigenvalue weighted by Crippen LogP contribution is -2.26. The van der Waals surface area contributed by atoms with Crippen LogP contribution in [0.15, 0.2) is 16.7 Å². The Balaban J connectivity index is 2.30. The van der Waals surface area contributed by atoms with Gasteiger partial charge in [0.15, 0.2) is 0 Å². The van der Waals surface area contributed by atoms with E-state index < -0.39 is 0 Å². The molecule has 0 fully saturated rings. The van der Waals surface area contributed by atoms with Crippen LogP contribution in [0.3, 0.4) is 0 Å². The first-order valence-corrected chi connectivity index (χ1v) is 4.61. The number of furan rings is 1. The van der Waals surface area contributed by atoms with E-state index in [4.69, 9.17) is 9.52 Å². The lowest BCUT2D eigenvalue weighted by Gasteiger charge is -2.10. The Morgan fingerprint density at radius 1 is 1.62 bits per heavy atom. The van der Waals surface area contributed by atoms with Crippen LogP contribution in [0.25, 0.3) is 0 Å². The highest BCUT2D eigenvalue weighted by Crippen LogP contribution is 2.08. The standard InChI is InChI=1S/C10H17NO2/c1-8-4-6-13-10(8)7-11-9(2)3-5-12/h4,6,9,11-12H,3,5,7H2,1-2H3. The van der Waals surface area contributed by atoms with E-state index >= 15 is 0 Å². The van der Waals surface area contributed by atoms with Crippen molar-refractivity contribution in [2.24, 2.45) is 0 Å². The van der Waals surface area contributed by atoms with Crippen molar-refractivity contribution >= 4 is 0 Å². The molecule has 3 heteroatoms. The molecule has 74 valence electrons. The number of hydrogen-bond acceptors (Lipinski definition) is 3. The highest BCUT2D eigenvalue weighted by molar-refractivity contribution is 5.14. The summed E-state index contributed by atoms with van der Waals surface area (Å²) >= 11 is 0. The first-order valence-electron chi connectivity index (χ1n) is 4.61. The van der Waals surface area contributed by atoms with Crippen molar-refractivity contribution in [3.63, 3.8) is 0 Å². The van der Waals surface area contributed by atoms with Crippen LogP contribution in [0.1, 0.15) is 24.7 Å². The summed E-state index contributed by atoms with van der Waals surface area (Å²) in [5.74, 6) is 0.977. The van der Waals surface area contributed by atoms with E-state index in [2.05, 4.69) is 12.2 Å². The van der Waals surface area contributed by atoms with Crippen molar-refractivity contribution < 1.29 is 9.52 Å². The second-order valence-electron chi connectivity index (χ2n) is 3.32. The van der Waals surface area contributed by atoms with E-state index in [1.165, 1.54) is 5.56 Å². The Hall–Kier alpha value is -0.800. The maximum atomic E-state index is 8.69. The summed E-state index contributed by atoms with van der Waals surface area (Å²) in [6, 6.07) is 2.28. The van der Waals surface area contributed by atoms with Gasteiger partial charge in [-0.25, -0.2) is 0 Å². The summed E-state index contributed by atoms with van der Waals surface area (Å²) in [6.45, 7) is 5.04. The fourth-order valence-corrected chi connectivity index (χ4v) is 1.15. The average molecular weight is 183 g/mol. The molecular formula is C10H17NO2. The molecule has 0 aliphatic rings. The van der Waals surface area contributed by atoms with Crippen molar-refractivity contribution in [3.8, 4) is 0 Å². The number of hydrogen-bond donors (Lipinski definition) is 2. The minimum atomic E-state index is 0.227. The normalized spacial score (nSPS) is 13.2. The van der Waals surface area contributed by atoms with Crippen molar-refractivity contribution in [2.75, 3.05) is 6.61 Å². The Labute approximate surface area is 78.8 Å². The maximum Gasteiger partial charge on any atom is 0.120 e. The first kappa shape index (κ1) is 10.3. The van der Waals surface area contributed by atoms with E-state index in [0.29, 0.717) is 6.04 Å². The Kier molecular flexibility index (Phi) is 3.99. The lowest BCUT2D eigenvalue weighted by molar-refractivity contribution is 0.267. The summed E-state index contributed by atoms with van der Waals surface area (Å²) in [7, 11) is 0. The zero-order valence-corrected chi connectivity index (χ0v) is 8.21. The number of aliphatic hydroxyl groups is 1. The molecule has 0 aliphatic carbocycles. The molecule has 2 N–H and O–H groups in total. The lowest BCUT2D eigenvalue weighted by atomic mass is 10.2. The van der Waals surface area contributed by atoms with Gasteiger partial charge < -0.3 is 14.8 Å². The van der Waals surface area contributed by atoms with E-state index in [-0.39, 0.29) is 6.61 Å². The van der Waals surface area contributed by atoms with Crippen LogP contribution in [0.2, 0.25) is 0 Å². The van der Waals surface area contributed by atoms with Crippen LogP contribution in [0.4, 0.5) is 0 Å². The summed E-state index contributed by atoms with van der Waals surface area (Å²) in [4.78, 5) is 0. The third-order valence-corrected chi connectivity index (χ3v) is 2.14. The molecule has 13 heavy (non-hydrogen) atoms. The van der Waals surface area contributed by atoms with E-state index in [1.807, 2.05) is 13.0 Å². The monoisotopic (exact) mass is 183 g/mol. The quantitative estimate of drug-likeness (QED) is 0.726. The molecule has 1 unspecified atom stereocenters. The second kappa shape index (κ2) is 5.04. The molecule has 1 heterocycles. The van der Waals surface area contributed by atoms with Gasteiger partial charge in [-0.15, -0.1) is 0 Å². The maximum absolute atomic E-state index is 8.69. The van der Waals surface area contributed by atoms with Gasteiger partial charge in [0.25, 0.3) is 0 Å². The molecule has 0 spiro atoms. The fraction of sp³-hybridized carbons (Fsp3) is 0.600. The van der Waals surface area contributed by atoms with Crippen LogP contribution < -0.4 is 5.32 Å². The topological polar surface area (TPSA) is 45.4 Å². The van der Waals surface area contributed by atoms with Gasteiger partial charge in [-0.1, -0.05) is 0 Å². The zero-order valence-electron chi connectivity index (χ0n) is 8.21. The van der Waals surface area contributed by atoms with Crippen molar-refractivity contribution in [3.05, 3.63) is 23.7 Å². The van der Waals surface area contributed by atoms with Gasteiger partial charge in [0.05, 0.1) is 12.8 Å². The molecular weight excluding hydrogens is 166 g/mol. The Morgan fingerprint density at radius 3 is 2.92 bits per heavy atom. The van der Waals surface area contributed by atoms with E-state index in [0.717, 1.165) is 18.7 Å². The Bertz CT molecular complexity index is 245. The average Bonchev–Trinajstić information content (AvgIpc) is 2.48. The highest BCUT2D eigenvalue weighted by atomic mass is 16.3. The molecule has 0 amide bonds. The van der Waals surface area contributed by atoms with Crippen LogP contribution in [-0.4, -0.2) is 17.8 Å². The molecule has 0 saturated carbocycles. The summed E-state index contributed by atoms with van der Waals surface area (Å²) in [5, 5.41) is 12.0. The highest BCUT2D eigenvalue weighted by Gasteiger charge is 2.04. The van der Waals surface area contributed by atoms with Crippen molar-refractivity contribution in [1.82, 2.24) is 5.32 Å². The summed E-state index contributed by atoms with van der Waals surface area (Å²) < 4.78 is 5.27. The van der Waals surface area contributed by atoms with Crippen LogP contribution in [0.5, 0.6) is 0 Å². The van der Waals surface area contributed by atoms with Gasteiger partial charge in [0.1, 0.15) is 5.76 Å². The molecule has 0 aliphatic heterocycles. The smallest absolute Gasteiger partial charge is 0.120 e. The zero-order chi connectivity index (χ0) is 9.68. The molecule has 1 rings (SSSR count). The minimum Gasteiger partial charge on any atom is -0.468 e. The molecule has 0 aromatic carbocycles. The van der Waals surface area contributed by atoms with Crippen LogP contribution in [0, 0.1) is 6.92 Å². The molecule has 1 aromatic rings. The summed E-state index contributed by atoms with van der Waals surface area (Å²) in [6.07, 6.45) is 2.48. The van der Waals surface area contributed by atoms with E-state index in [1.54, 1.807) is 6.26 Å². The number of rotatable bonds is 5. The predicted octanol–water partition coefficient (Wildman–Crippen LogP) is 1.45. The van der Waals surface area contributed by atoms with Crippen molar-refractivity contribution in [1.29, 1.82) is 0 Å². The van der Waals surface area contributed by atoms with Gasteiger partial charge in [-0.3, -0.25) is 0 Å². The van der Waals surface area contributed by atoms with Gasteiger partial charge in [-0.2, -0.15) is 0 Å². The van der Waals surface area contributed by atoms with E-state index in [9.17, 15) is 0 Å². The number of nitrogens with one attached hydrogen (secondary N) is 1. The summed E-state index contributed by atoms with van der Waals surface area (Å²) in [5.41, 5.74) is 1.17. The molecule has 1 atom stereocenters. The second-order valence-corrected chi connectivity index (χ2v) is 3.32. The van der Waals surface area contributed by atoms with Gasteiger partial charge in [0, 0.05) is 12.6 Å². The van der Waals surface area contributed by atoms with Crippen LogP contribution in [-0.2, 0) is 6.54 Å². The molecule has 0 saturated heterocycles. The number of aliphatic hydroxyl groups excluding tert-OH is 1. The van der Waals surface area contributed by atoms with Gasteiger partial charge in [-0.05, 0) is 31.9 Å². The molecule has 0 radical (unpaired) electrons. The van der Waals surface area contributed by atoms with Gasteiger partial charge in [0.2, 0.25) is 0 Å². The molecule has 1 aromatic heterocycles. The largest absolute Gasteiger partial charge is 0.468 e. The minimum absolute atomic E-state index is 0.227. The number of aryl methyl sites for hydroxylation is 1. The van der Waals surface area contributed by atoms with Crippen LogP contribution >= 0.6 is 0 Å². The predicted molar refractivity (Wildman–Crippen MR) is 51.4 cm³/mol. The van der Waals surface area contributed by atoms with Crippen molar-refractivity contribution in [2.45, 2.75) is 32.9 Å². The third kappa shape index (κ3) is 3.20. The third-order valence-electron chi connectivity index (χ3n) is 2.14. The molecule has 3 nitrogen and oxygen atoms in total.